The first-order valence-corrected chi connectivity index (χ1v) is 5.84. The summed E-state index contributed by atoms with van der Waals surface area (Å²) in [5, 5.41) is 9.05. The van der Waals surface area contributed by atoms with Crippen LogP contribution in [0.25, 0.3) is 0 Å². The van der Waals surface area contributed by atoms with E-state index in [1.165, 1.54) is 0 Å². The Kier molecular flexibility index (Phi) is 4.82. The average Bonchev–Trinajstić information content (AvgIpc) is 2.28. The van der Waals surface area contributed by atoms with E-state index < -0.39 is 0 Å². The molecule has 0 fully saturated rings. The van der Waals surface area contributed by atoms with Crippen LogP contribution in [0.5, 0.6) is 11.5 Å². The third-order valence-electron chi connectivity index (χ3n) is 2.95. The van der Waals surface area contributed by atoms with E-state index in [0.717, 1.165) is 29.9 Å². The van der Waals surface area contributed by atoms with Gasteiger partial charge in [-0.2, -0.15) is 0 Å². The number of hydrogen-bond donors (Lipinski definition) is 1. The molecule has 0 aromatic heterocycles. The van der Waals surface area contributed by atoms with Gasteiger partial charge in [0, 0.05) is 6.61 Å². The van der Waals surface area contributed by atoms with Gasteiger partial charge in [0.25, 0.3) is 0 Å². The van der Waals surface area contributed by atoms with Gasteiger partial charge in [-0.3, -0.25) is 0 Å². The fraction of sp³-hybridized carbons (Fsp3) is 0.571. The van der Waals surface area contributed by atoms with Crippen molar-refractivity contribution in [2.75, 3.05) is 20.8 Å². The molecule has 1 rings (SSSR count). The maximum atomic E-state index is 9.05. The van der Waals surface area contributed by atoms with Gasteiger partial charge in [-0.15, -0.1) is 0 Å². The lowest BCUT2D eigenvalue weighted by atomic mass is 9.82. The minimum absolute atomic E-state index is 0.0500. The minimum Gasteiger partial charge on any atom is -0.497 e. The Labute approximate surface area is 103 Å². The normalized spacial score (nSPS) is 11.4. The van der Waals surface area contributed by atoms with Gasteiger partial charge in [0.15, 0.2) is 0 Å². The maximum absolute atomic E-state index is 9.05. The number of aliphatic hydroxyl groups excluding tert-OH is 1. The molecule has 0 saturated heterocycles. The van der Waals surface area contributed by atoms with Crippen LogP contribution in [0.1, 0.15) is 25.8 Å². The molecule has 3 heteroatoms. The van der Waals surface area contributed by atoms with Crippen LogP contribution >= 0.6 is 0 Å². The molecular formula is C14H22O3. The second-order valence-corrected chi connectivity index (χ2v) is 4.99. The minimum atomic E-state index is 0.0500. The molecular weight excluding hydrogens is 216 g/mol. The Morgan fingerprint density at radius 2 is 1.88 bits per heavy atom. The van der Waals surface area contributed by atoms with Gasteiger partial charge in [-0.05, 0) is 42.0 Å². The Morgan fingerprint density at radius 1 is 1.18 bits per heavy atom. The summed E-state index contributed by atoms with van der Waals surface area (Å²) in [5.41, 5.74) is 1.17. The Bertz CT molecular complexity index is 358. The van der Waals surface area contributed by atoms with E-state index in [-0.39, 0.29) is 12.0 Å². The monoisotopic (exact) mass is 238 g/mol. The maximum Gasteiger partial charge on any atom is 0.122 e. The number of benzene rings is 1. The molecule has 1 aromatic rings. The molecule has 0 aliphatic heterocycles. The van der Waals surface area contributed by atoms with Crippen LogP contribution in [0.4, 0.5) is 0 Å². The van der Waals surface area contributed by atoms with Crippen molar-refractivity contribution in [3.05, 3.63) is 23.8 Å². The second-order valence-electron chi connectivity index (χ2n) is 4.99. The molecule has 0 bridgehead atoms. The van der Waals surface area contributed by atoms with Crippen LogP contribution in [-0.4, -0.2) is 25.9 Å². The zero-order valence-corrected chi connectivity index (χ0v) is 11.1. The molecule has 0 atom stereocenters. The average molecular weight is 238 g/mol. The van der Waals surface area contributed by atoms with Gasteiger partial charge in [0.1, 0.15) is 11.5 Å². The summed E-state index contributed by atoms with van der Waals surface area (Å²) in [6, 6.07) is 5.81. The standard InChI is InChI=1S/C14H22O3/c1-14(2,7-8-15)10-11-9-12(16-3)5-6-13(11)17-4/h5-6,9,15H,7-8,10H2,1-4H3. The van der Waals surface area contributed by atoms with E-state index in [0.29, 0.717) is 0 Å². The Balaban J connectivity index is 2.94. The first-order valence-electron chi connectivity index (χ1n) is 5.84. The molecule has 0 heterocycles. The van der Waals surface area contributed by atoms with Crippen molar-refractivity contribution >= 4 is 0 Å². The molecule has 0 amide bonds. The van der Waals surface area contributed by atoms with E-state index >= 15 is 0 Å². The second kappa shape index (κ2) is 5.92. The van der Waals surface area contributed by atoms with Crippen molar-refractivity contribution in [2.24, 2.45) is 5.41 Å². The van der Waals surface area contributed by atoms with Gasteiger partial charge < -0.3 is 14.6 Å². The predicted molar refractivity (Wildman–Crippen MR) is 68.7 cm³/mol. The third-order valence-corrected chi connectivity index (χ3v) is 2.95. The highest BCUT2D eigenvalue weighted by Gasteiger charge is 2.20. The summed E-state index contributed by atoms with van der Waals surface area (Å²) in [4.78, 5) is 0. The summed E-state index contributed by atoms with van der Waals surface area (Å²) in [7, 11) is 3.33. The van der Waals surface area contributed by atoms with E-state index in [9.17, 15) is 0 Å². The molecule has 96 valence electrons. The topological polar surface area (TPSA) is 38.7 Å². The van der Waals surface area contributed by atoms with Crippen LogP contribution in [0.15, 0.2) is 18.2 Å². The molecule has 1 aromatic carbocycles. The largest absolute Gasteiger partial charge is 0.497 e. The molecule has 0 aliphatic carbocycles. The Morgan fingerprint density at radius 3 is 2.41 bits per heavy atom. The van der Waals surface area contributed by atoms with Crippen molar-refractivity contribution < 1.29 is 14.6 Å². The highest BCUT2D eigenvalue weighted by atomic mass is 16.5. The molecule has 0 spiro atoms. The molecule has 0 saturated carbocycles. The van der Waals surface area contributed by atoms with Crippen molar-refractivity contribution in [2.45, 2.75) is 26.7 Å². The fourth-order valence-electron chi connectivity index (χ4n) is 1.93. The van der Waals surface area contributed by atoms with Crippen molar-refractivity contribution in [1.82, 2.24) is 0 Å². The fourth-order valence-corrected chi connectivity index (χ4v) is 1.93. The van der Waals surface area contributed by atoms with Gasteiger partial charge in [0.05, 0.1) is 14.2 Å². The van der Waals surface area contributed by atoms with E-state index in [2.05, 4.69) is 13.8 Å². The first kappa shape index (κ1) is 13.8. The zero-order chi connectivity index (χ0) is 12.9. The highest BCUT2D eigenvalue weighted by Crippen LogP contribution is 2.32. The molecule has 0 unspecified atom stereocenters. The number of rotatable bonds is 6. The van der Waals surface area contributed by atoms with Crippen LogP contribution in [0, 0.1) is 5.41 Å². The Hall–Kier alpha value is -1.22. The zero-order valence-electron chi connectivity index (χ0n) is 11.1. The van der Waals surface area contributed by atoms with Crippen molar-refractivity contribution in [3.63, 3.8) is 0 Å². The molecule has 17 heavy (non-hydrogen) atoms. The first-order chi connectivity index (χ1) is 8.02. The van der Waals surface area contributed by atoms with Crippen LogP contribution < -0.4 is 9.47 Å². The summed E-state index contributed by atoms with van der Waals surface area (Å²) >= 11 is 0. The van der Waals surface area contributed by atoms with Gasteiger partial charge >= 0.3 is 0 Å². The SMILES string of the molecule is COc1ccc(OC)c(CC(C)(C)CCO)c1. The van der Waals surface area contributed by atoms with Crippen LogP contribution in [0.3, 0.4) is 0 Å². The summed E-state index contributed by atoms with van der Waals surface area (Å²) in [5.74, 6) is 1.71. The van der Waals surface area contributed by atoms with Crippen molar-refractivity contribution in [1.29, 1.82) is 0 Å². The molecule has 3 nitrogen and oxygen atoms in total. The number of methoxy groups -OCH3 is 2. The van der Waals surface area contributed by atoms with E-state index in [1.54, 1.807) is 14.2 Å². The van der Waals surface area contributed by atoms with Crippen LogP contribution in [-0.2, 0) is 6.42 Å². The lowest BCUT2D eigenvalue weighted by Crippen LogP contribution is -2.17. The van der Waals surface area contributed by atoms with Crippen molar-refractivity contribution in [3.8, 4) is 11.5 Å². The summed E-state index contributed by atoms with van der Waals surface area (Å²) in [6.07, 6.45) is 1.63. The predicted octanol–water partition coefficient (Wildman–Crippen LogP) is 2.65. The lowest BCUT2D eigenvalue weighted by molar-refractivity contribution is 0.209. The molecule has 0 aliphatic rings. The number of ether oxygens (including phenoxy) is 2. The van der Waals surface area contributed by atoms with Gasteiger partial charge in [-0.25, -0.2) is 0 Å². The summed E-state index contributed by atoms with van der Waals surface area (Å²) in [6.45, 7) is 4.49. The molecule has 0 radical (unpaired) electrons. The van der Waals surface area contributed by atoms with Gasteiger partial charge in [0.2, 0.25) is 0 Å². The van der Waals surface area contributed by atoms with E-state index in [1.807, 2.05) is 18.2 Å². The number of aliphatic hydroxyl groups is 1. The number of hydrogen-bond acceptors (Lipinski definition) is 3. The van der Waals surface area contributed by atoms with Crippen LogP contribution in [0.2, 0.25) is 0 Å². The quantitative estimate of drug-likeness (QED) is 0.828. The van der Waals surface area contributed by atoms with Gasteiger partial charge in [-0.1, -0.05) is 13.8 Å². The highest BCUT2D eigenvalue weighted by molar-refractivity contribution is 5.40. The smallest absolute Gasteiger partial charge is 0.122 e. The summed E-state index contributed by atoms with van der Waals surface area (Å²) < 4.78 is 10.6. The van der Waals surface area contributed by atoms with E-state index in [4.69, 9.17) is 14.6 Å². The molecule has 1 N–H and O–H groups in total. The third kappa shape index (κ3) is 3.93. The lowest BCUT2D eigenvalue weighted by Gasteiger charge is -2.24.